The first-order chi connectivity index (χ1) is 43.5. The SMILES string of the molecule is C=O.CC1c2cccc(O)c2C(O)=C2C(=O)C3(O)C(O)=C(C(=O)CCN(CCO[N+](=O)[O-])CCO[N+](=O)[O-])C(=O)C(N(C)C)C3C(O)C21.CC1c2cccc(O)c2C(O)=C2C(=O)C3(O)C(O)=C(C(N)=O)C(=O)C(N(C)C)C3C(O)C21.O=[N+]([O-])OCCNCCO[N+](=O)[O-].[2HH]. The van der Waals surface area contributed by atoms with Crippen LogP contribution in [0.2, 0.25) is 0 Å². The summed E-state index contributed by atoms with van der Waals surface area (Å²) in [6.07, 6.45) is -3.86. The molecular formula is C55H71N9O29. The summed E-state index contributed by atoms with van der Waals surface area (Å²) >= 11 is 0. The van der Waals surface area contributed by atoms with E-state index in [1.165, 1.54) is 61.1 Å². The first-order valence-corrected chi connectivity index (χ1v) is 27.9. The molecule has 0 radical (unpaired) electrons. The van der Waals surface area contributed by atoms with Gasteiger partial charge in [-0.3, -0.25) is 43.5 Å². The maximum Gasteiger partial charge on any atom is 0.294 e. The van der Waals surface area contributed by atoms with E-state index in [-0.39, 0.29) is 70.0 Å². The minimum absolute atomic E-state index is 0. The number of phenolic OH excluding ortho intramolecular Hbond substituents is 2. The van der Waals surface area contributed by atoms with Crippen LogP contribution in [-0.2, 0) is 52.9 Å². The van der Waals surface area contributed by atoms with Gasteiger partial charge in [0.25, 0.3) is 26.3 Å². The number of primary amides is 1. The van der Waals surface area contributed by atoms with Crippen molar-refractivity contribution in [3.05, 3.63) is 133 Å². The van der Waals surface area contributed by atoms with Crippen LogP contribution in [0, 0.1) is 64.1 Å². The van der Waals surface area contributed by atoms with Crippen LogP contribution in [0.3, 0.4) is 0 Å². The smallest absolute Gasteiger partial charge is 0.294 e. The van der Waals surface area contributed by atoms with Crippen LogP contribution in [0.15, 0.2) is 70.2 Å². The highest BCUT2D eigenvalue weighted by molar-refractivity contribution is 6.26. The van der Waals surface area contributed by atoms with Crippen molar-refractivity contribution in [2.24, 2.45) is 29.4 Å². The quantitative estimate of drug-likeness (QED) is 0.0254. The molecule has 2 saturated carbocycles. The summed E-state index contributed by atoms with van der Waals surface area (Å²) in [5, 5.41) is 151. The minimum Gasteiger partial charge on any atom is -0.508 e. The number of nitrogens with one attached hydrogen (secondary N) is 1. The molecule has 0 aliphatic heterocycles. The lowest BCUT2D eigenvalue weighted by atomic mass is 9.54. The Hall–Kier alpha value is -9.83. The number of phenols is 2. The standard InChI is InChI=1S/C28H34N4O14.C22H24N2O8.C4H9N3O6.CH2O.H2/c1-13-14-5-4-6-15(33)18(14)23(35)20-17(13)24(36)21-22(29(2)3)25(37)19(26(38)28(21,40)27(20)39)16(34)7-8-30(9-11-45-31(41)42)10-12-46-32(43)44;1-7-8-5-4-6-9(25)11(8)16(26)12-10(7)17(27)14-15(24(2)3)18(28)13(21(23)31)20(30)22(14,32)19(12)29;8-6(9)12-3-1-5-2-4-13-7(10)11;1-2;/h4-6,13,17,21-22,24,33,35-36,38,40H,7-12H2,1-3H3;4-7,10,14-15,17,25-27,30,32H,1-3H3,(H2,23,31);5H,1-4H2;1H2;1H/i;;;;1+1. The Morgan fingerprint density at radius 2 is 0.946 bits per heavy atom. The average molecular weight is 1320 g/mol. The van der Waals surface area contributed by atoms with Crippen molar-refractivity contribution >= 4 is 53.1 Å². The summed E-state index contributed by atoms with van der Waals surface area (Å²) < 4.78 is 0. The second-order valence-corrected chi connectivity index (χ2v) is 22.2. The Bertz CT molecular complexity index is 3410. The Kier molecular flexibility index (Phi) is 23.9. The van der Waals surface area contributed by atoms with Crippen molar-refractivity contribution in [2.45, 2.75) is 67.6 Å². The highest BCUT2D eigenvalue weighted by Gasteiger charge is 2.70. The van der Waals surface area contributed by atoms with Gasteiger partial charge < -0.3 is 86.3 Å². The molecule has 8 rings (SSSR count). The van der Waals surface area contributed by atoms with Gasteiger partial charge in [-0.05, 0) is 63.3 Å². The number of nitrogens with two attached hydrogens (primary N) is 1. The molecular weight excluding hydrogens is 1250 g/mol. The molecule has 0 bridgehead atoms. The highest BCUT2D eigenvalue weighted by Crippen LogP contribution is 2.58. The van der Waals surface area contributed by atoms with Crippen molar-refractivity contribution < 1.29 is 126 Å². The Balaban J connectivity index is 0.000000338. The number of aliphatic hydroxyl groups is 8. The lowest BCUT2D eigenvalue weighted by molar-refractivity contribution is -0.758. The summed E-state index contributed by atoms with van der Waals surface area (Å²) in [5.41, 5.74) is -2.68. The zero-order chi connectivity index (χ0) is 70.2. The fourth-order valence-corrected chi connectivity index (χ4v) is 12.9. The second kappa shape index (κ2) is 30.1. The van der Waals surface area contributed by atoms with Crippen LogP contribution >= 0.6 is 0 Å². The number of aromatic hydroxyl groups is 2. The molecule has 6 aliphatic carbocycles. The largest absolute Gasteiger partial charge is 0.508 e. The number of Topliss-reactive ketones (excluding diaryl/α,β-unsaturated/α-hetero) is 5. The molecule has 0 heterocycles. The number of carbonyl (C=O) groups is 7. The van der Waals surface area contributed by atoms with E-state index in [1.54, 1.807) is 32.0 Å². The van der Waals surface area contributed by atoms with E-state index >= 15 is 0 Å². The first kappa shape index (κ1) is 73.9. The van der Waals surface area contributed by atoms with Crippen LogP contribution < -0.4 is 11.1 Å². The molecule has 2 fully saturated rings. The molecule has 12 atom stereocenters. The Morgan fingerprint density at radius 1 is 0.602 bits per heavy atom. The number of fused-ring (bicyclic) bond motifs is 6. The van der Waals surface area contributed by atoms with Gasteiger partial charge in [0.15, 0.2) is 28.6 Å². The van der Waals surface area contributed by atoms with Crippen LogP contribution in [0.5, 0.6) is 11.5 Å². The molecule has 510 valence electrons. The van der Waals surface area contributed by atoms with E-state index in [0.717, 1.165) is 0 Å². The number of aliphatic hydroxyl groups excluding tert-OH is 6. The van der Waals surface area contributed by atoms with Gasteiger partial charge in [-0.25, -0.2) is 0 Å². The molecule has 93 heavy (non-hydrogen) atoms. The number of hydrogen-bond acceptors (Lipinski definition) is 33. The zero-order valence-corrected chi connectivity index (χ0v) is 50.5. The third kappa shape index (κ3) is 14.2. The summed E-state index contributed by atoms with van der Waals surface area (Å²) in [5.74, 6) is -18.1. The zero-order valence-electron chi connectivity index (χ0n) is 50.5. The van der Waals surface area contributed by atoms with Crippen LogP contribution in [-0.4, -0.2) is 251 Å². The van der Waals surface area contributed by atoms with Crippen molar-refractivity contribution in [1.82, 2.24) is 20.0 Å². The van der Waals surface area contributed by atoms with E-state index in [0.29, 0.717) is 11.1 Å². The maximum atomic E-state index is 14.2. The highest BCUT2D eigenvalue weighted by atomic mass is 17.0. The molecule has 12 unspecified atom stereocenters. The van der Waals surface area contributed by atoms with Crippen LogP contribution in [0.1, 0.15) is 55.8 Å². The van der Waals surface area contributed by atoms with Gasteiger partial charge in [0.2, 0.25) is 11.6 Å². The van der Waals surface area contributed by atoms with E-state index in [2.05, 4.69) is 24.7 Å². The fraction of sp³-hybridized carbons (Fsp3) is 0.509. The van der Waals surface area contributed by atoms with Crippen LogP contribution in [0.4, 0.5) is 0 Å². The molecule has 0 saturated heterocycles. The Labute approximate surface area is 526 Å². The van der Waals surface area contributed by atoms with E-state index < -0.39 is 191 Å². The lowest BCUT2D eigenvalue weighted by Crippen LogP contribution is -2.70. The van der Waals surface area contributed by atoms with Gasteiger partial charge >= 0.3 is 0 Å². The normalized spacial score (nSPS) is 26.7. The Morgan fingerprint density at radius 3 is 1.29 bits per heavy atom. The molecule has 38 heteroatoms. The number of ketones is 5. The van der Waals surface area contributed by atoms with E-state index in [9.17, 15) is 120 Å². The number of benzene rings is 2. The molecule has 2 aromatic carbocycles. The molecule has 0 aromatic heterocycles. The number of nitrogens with zero attached hydrogens (tertiary/aromatic N) is 7. The number of amides is 1. The fourth-order valence-electron chi connectivity index (χ4n) is 12.9. The van der Waals surface area contributed by atoms with Crippen molar-refractivity contribution in [1.29, 1.82) is 0 Å². The van der Waals surface area contributed by atoms with E-state index in [1.807, 2.05) is 6.79 Å². The summed E-state index contributed by atoms with van der Waals surface area (Å²) in [6.45, 7) is 4.02. The number of hydrogen-bond donors (Lipinski definition) is 12. The van der Waals surface area contributed by atoms with Crippen molar-refractivity contribution in [3.63, 3.8) is 0 Å². The molecule has 1 amide bonds. The molecule has 2 aromatic rings. The first-order valence-electron chi connectivity index (χ1n) is 27.9. The van der Waals surface area contributed by atoms with Gasteiger partial charge in [0, 0.05) is 63.6 Å². The predicted octanol–water partition coefficient (Wildman–Crippen LogP) is -1.76. The second-order valence-electron chi connectivity index (χ2n) is 22.2. The summed E-state index contributed by atoms with van der Waals surface area (Å²) in [6, 6.07) is 6.01. The van der Waals surface area contributed by atoms with Crippen molar-refractivity contribution in [3.8, 4) is 11.5 Å². The van der Waals surface area contributed by atoms with Gasteiger partial charge in [0.1, 0.15) is 78.9 Å². The van der Waals surface area contributed by atoms with Gasteiger partial charge in [0.05, 0.1) is 47.3 Å². The monoisotopic (exact) mass is 1320 g/mol. The topological polar surface area (TPSA) is 579 Å². The summed E-state index contributed by atoms with van der Waals surface area (Å²) in [7, 11) is 5.75. The van der Waals surface area contributed by atoms with Gasteiger partial charge in [-0.15, -0.1) is 40.5 Å². The molecule has 6 aliphatic rings. The summed E-state index contributed by atoms with van der Waals surface area (Å²) in [4.78, 5) is 149. The third-order valence-electron chi connectivity index (χ3n) is 16.8. The lowest BCUT2D eigenvalue weighted by Gasteiger charge is -2.53. The predicted molar refractivity (Wildman–Crippen MR) is 311 cm³/mol. The van der Waals surface area contributed by atoms with Gasteiger partial charge in [-0.1, -0.05) is 38.1 Å². The molecule has 13 N–H and O–H groups in total. The van der Waals surface area contributed by atoms with Crippen LogP contribution in [0.25, 0.3) is 11.5 Å². The third-order valence-corrected chi connectivity index (χ3v) is 16.8. The molecule has 38 nitrogen and oxygen atoms in total. The van der Waals surface area contributed by atoms with Crippen molar-refractivity contribution in [2.75, 3.05) is 87.3 Å². The number of rotatable bonds is 23. The number of carbonyl (C=O) groups excluding carboxylic acids is 7. The average Bonchev–Trinajstić information content (AvgIpc) is 0.698. The van der Waals surface area contributed by atoms with Gasteiger partial charge in [-0.2, -0.15) is 0 Å². The molecule has 0 spiro atoms. The maximum absolute atomic E-state index is 14.2. The van der Waals surface area contributed by atoms with E-state index in [4.69, 9.17) is 10.5 Å². The number of likely N-dealkylation sites (N-methyl/N-ethyl adjacent to an activating group) is 2. The minimum atomic E-state index is -3.05.